The van der Waals surface area contributed by atoms with Gasteiger partial charge in [-0.1, -0.05) is 24.3 Å². The van der Waals surface area contributed by atoms with Gasteiger partial charge in [0.15, 0.2) is 11.5 Å². The highest BCUT2D eigenvalue weighted by Gasteiger charge is 2.26. The molecule has 10 heteroatoms. The summed E-state index contributed by atoms with van der Waals surface area (Å²) in [6.07, 6.45) is 1.39. The van der Waals surface area contributed by atoms with Crippen LogP contribution in [-0.4, -0.2) is 67.2 Å². The number of piperazine rings is 1. The highest BCUT2D eigenvalue weighted by Crippen LogP contribution is 2.32. The molecule has 3 aromatic heterocycles. The van der Waals surface area contributed by atoms with Crippen molar-refractivity contribution >= 4 is 23.1 Å². The summed E-state index contributed by atoms with van der Waals surface area (Å²) in [7, 11) is 0. The Morgan fingerprint density at radius 2 is 1.72 bits per heavy atom. The van der Waals surface area contributed by atoms with Crippen LogP contribution < -0.4 is 5.73 Å². The van der Waals surface area contributed by atoms with E-state index in [1.54, 1.807) is 17.2 Å². The Labute approximate surface area is 249 Å². The number of hydrogen-bond donors (Lipinski definition) is 1. The van der Waals surface area contributed by atoms with Crippen LogP contribution >= 0.6 is 0 Å². The average molecular weight is 580 g/mol. The summed E-state index contributed by atoms with van der Waals surface area (Å²) in [4.78, 5) is 30.6. The standard InChI is InChI=1S/C33H34FN7O2/c1-33(2,3)43-32(42)40-18-16-39(17-19-40)21-22-9-11-25(12-10-22)41-30(26-8-5-15-36-29(26)35)38-28-14-13-27(37-31(28)41)23-6-4-7-24(34)20-23/h4-15,20H,16-19,21H2,1-3H3,(H2,35,36). The molecule has 0 spiro atoms. The summed E-state index contributed by atoms with van der Waals surface area (Å²) in [5.41, 5.74) is 11.1. The van der Waals surface area contributed by atoms with Crippen LogP contribution in [0.3, 0.4) is 0 Å². The quantitative estimate of drug-likeness (QED) is 0.276. The SMILES string of the molecule is CC(C)(C)OC(=O)N1CCN(Cc2ccc(-n3c(-c4cccnc4N)nc4ccc(-c5cccc(F)c5)nc43)cc2)CC1. The lowest BCUT2D eigenvalue weighted by Crippen LogP contribution is -2.49. The minimum absolute atomic E-state index is 0.261. The number of halogens is 1. The first kappa shape index (κ1) is 28.3. The summed E-state index contributed by atoms with van der Waals surface area (Å²) in [6.45, 7) is 9.20. The van der Waals surface area contributed by atoms with Crippen LogP contribution in [0.4, 0.5) is 15.0 Å². The maximum atomic E-state index is 14.0. The predicted molar refractivity (Wildman–Crippen MR) is 165 cm³/mol. The Balaban J connectivity index is 1.28. The van der Waals surface area contributed by atoms with E-state index < -0.39 is 5.60 Å². The van der Waals surface area contributed by atoms with Crippen molar-refractivity contribution < 1.29 is 13.9 Å². The molecule has 5 aromatic rings. The van der Waals surface area contributed by atoms with E-state index in [-0.39, 0.29) is 11.9 Å². The molecular weight excluding hydrogens is 545 g/mol. The maximum Gasteiger partial charge on any atom is 0.410 e. The van der Waals surface area contributed by atoms with Crippen LogP contribution in [0, 0.1) is 5.82 Å². The Kier molecular flexibility index (Phi) is 7.53. The largest absolute Gasteiger partial charge is 0.444 e. The van der Waals surface area contributed by atoms with Gasteiger partial charge in [0.1, 0.15) is 22.8 Å². The van der Waals surface area contributed by atoms with Gasteiger partial charge in [0, 0.05) is 50.2 Å². The number of benzene rings is 2. The van der Waals surface area contributed by atoms with Crippen molar-refractivity contribution in [3.63, 3.8) is 0 Å². The van der Waals surface area contributed by atoms with Crippen molar-refractivity contribution in [2.45, 2.75) is 32.9 Å². The van der Waals surface area contributed by atoms with E-state index in [9.17, 15) is 9.18 Å². The average Bonchev–Trinajstić information content (AvgIpc) is 3.36. The number of fused-ring (bicyclic) bond motifs is 1. The zero-order valence-electron chi connectivity index (χ0n) is 24.5. The number of nitrogen functional groups attached to an aromatic ring is 1. The summed E-state index contributed by atoms with van der Waals surface area (Å²) < 4.78 is 21.5. The third kappa shape index (κ3) is 6.19. The van der Waals surface area contributed by atoms with Crippen LogP contribution in [-0.2, 0) is 11.3 Å². The molecule has 0 saturated carbocycles. The van der Waals surface area contributed by atoms with Crippen molar-refractivity contribution in [3.8, 4) is 28.3 Å². The van der Waals surface area contributed by atoms with Crippen LogP contribution in [0.5, 0.6) is 0 Å². The second-order valence-electron chi connectivity index (χ2n) is 11.7. The summed E-state index contributed by atoms with van der Waals surface area (Å²) in [5, 5.41) is 0. The molecule has 1 amide bonds. The summed E-state index contributed by atoms with van der Waals surface area (Å²) >= 11 is 0. The molecular formula is C33H34FN7O2. The van der Waals surface area contributed by atoms with Gasteiger partial charge < -0.3 is 15.4 Å². The van der Waals surface area contributed by atoms with E-state index in [1.807, 2.05) is 67.8 Å². The van der Waals surface area contributed by atoms with Gasteiger partial charge in [0.25, 0.3) is 0 Å². The van der Waals surface area contributed by atoms with E-state index in [1.165, 1.54) is 12.1 Å². The highest BCUT2D eigenvalue weighted by molar-refractivity contribution is 5.84. The first-order valence-electron chi connectivity index (χ1n) is 14.3. The first-order chi connectivity index (χ1) is 20.6. The number of carbonyl (C=O) groups is 1. The molecule has 0 unspecified atom stereocenters. The fourth-order valence-corrected chi connectivity index (χ4v) is 5.22. The molecule has 9 nitrogen and oxygen atoms in total. The second kappa shape index (κ2) is 11.4. The van der Waals surface area contributed by atoms with Gasteiger partial charge in [-0.05, 0) is 74.9 Å². The van der Waals surface area contributed by atoms with Gasteiger partial charge in [0.05, 0.1) is 11.3 Å². The lowest BCUT2D eigenvalue weighted by Gasteiger charge is -2.35. The van der Waals surface area contributed by atoms with Crippen LogP contribution in [0.1, 0.15) is 26.3 Å². The zero-order chi connectivity index (χ0) is 30.1. The fraction of sp³-hybridized carbons (Fsp3) is 0.273. The fourth-order valence-electron chi connectivity index (χ4n) is 5.22. The minimum Gasteiger partial charge on any atom is -0.444 e. The lowest BCUT2D eigenvalue weighted by atomic mass is 10.1. The molecule has 1 fully saturated rings. The molecule has 4 heterocycles. The lowest BCUT2D eigenvalue weighted by molar-refractivity contribution is 0.0139. The summed E-state index contributed by atoms with van der Waals surface area (Å²) in [5.74, 6) is 0.667. The molecule has 0 aliphatic carbocycles. The first-order valence-corrected chi connectivity index (χ1v) is 14.3. The number of ether oxygens (including phenoxy) is 1. The molecule has 43 heavy (non-hydrogen) atoms. The zero-order valence-corrected chi connectivity index (χ0v) is 24.5. The third-order valence-electron chi connectivity index (χ3n) is 7.33. The topological polar surface area (TPSA) is 102 Å². The summed E-state index contributed by atoms with van der Waals surface area (Å²) in [6, 6.07) is 22.1. The number of pyridine rings is 2. The Hall–Kier alpha value is -4.83. The van der Waals surface area contributed by atoms with Crippen molar-refractivity contribution in [2.75, 3.05) is 31.9 Å². The molecule has 220 valence electrons. The number of amides is 1. The number of carbonyl (C=O) groups excluding carboxylic acids is 1. The Morgan fingerprint density at radius 1 is 0.953 bits per heavy atom. The number of anilines is 1. The van der Waals surface area contributed by atoms with Crippen molar-refractivity contribution in [1.29, 1.82) is 0 Å². The van der Waals surface area contributed by atoms with E-state index in [2.05, 4.69) is 22.0 Å². The smallest absolute Gasteiger partial charge is 0.410 e. The van der Waals surface area contributed by atoms with Gasteiger partial charge in [-0.2, -0.15) is 0 Å². The van der Waals surface area contributed by atoms with Gasteiger partial charge in [-0.25, -0.2) is 24.1 Å². The van der Waals surface area contributed by atoms with Gasteiger partial charge >= 0.3 is 6.09 Å². The van der Waals surface area contributed by atoms with Crippen LogP contribution in [0.25, 0.3) is 39.5 Å². The van der Waals surface area contributed by atoms with Crippen molar-refractivity contribution in [1.82, 2.24) is 29.3 Å². The van der Waals surface area contributed by atoms with E-state index in [0.29, 0.717) is 52.7 Å². The Bertz CT molecular complexity index is 1770. The number of imidazole rings is 1. The molecule has 1 aliphatic rings. The van der Waals surface area contributed by atoms with Crippen molar-refractivity contribution in [2.24, 2.45) is 0 Å². The molecule has 2 aromatic carbocycles. The molecule has 6 rings (SSSR count). The number of nitrogens with zero attached hydrogens (tertiary/aromatic N) is 6. The van der Waals surface area contributed by atoms with E-state index in [4.69, 9.17) is 20.4 Å². The van der Waals surface area contributed by atoms with Crippen molar-refractivity contribution in [3.05, 3.63) is 90.4 Å². The van der Waals surface area contributed by atoms with Gasteiger partial charge in [0.2, 0.25) is 0 Å². The molecule has 1 saturated heterocycles. The van der Waals surface area contributed by atoms with Gasteiger partial charge in [-0.15, -0.1) is 0 Å². The third-order valence-corrected chi connectivity index (χ3v) is 7.33. The number of nitrogens with two attached hydrogens (primary N) is 1. The number of aromatic nitrogens is 4. The molecule has 2 N–H and O–H groups in total. The van der Waals surface area contributed by atoms with E-state index >= 15 is 0 Å². The van der Waals surface area contributed by atoms with Gasteiger partial charge in [-0.3, -0.25) is 9.47 Å². The predicted octanol–water partition coefficient (Wildman–Crippen LogP) is 5.92. The number of rotatable bonds is 5. The molecule has 0 bridgehead atoms. The normalized spacial score (nSPS) is 14.3. The highest BCUT2D eigenvalue weighted by atomic mass is 19.1. The molecule has 1 aliphatic heterocycles. The monoisotopic (exact) mass is 579 g/mol. The minimum atomic E-state index is -0.504. The second-order valence-corrected chi connectivity index (χ2v) is 11.7. The molecule has 0 radical (unpaired) electrons. The molecule has 0 atom stereocenters. The van der Waals surface area contributed by atoms with Crippen LogP contribution in [0.15, 0.2) is 79.0 Å². The van der Waals surface area contributed by atoms with E-state index in [0.717, 1.165) is 30.9 Å². The maximum absolute atomic E-state index is 14.0. The number of hydrogen-bond acceptors (Lipinski definition) is 7. The van der Waals surface area contributed by atoms with Crippen LogP contribution in [0.2, 0.25) is 0 Å². The Morgan fingerprint density at radius 3 is 2.42 bits per heavy atom.